The third kappa shape index (κ3) is 7.73. The average Bonchev–Trinajstić information content (AvgIpc) is 2.95. The molecular formula is C18H3F25NNaO7S2. The Morgan fingerprint density at radius 1 is 0.574 bits per heavy atom. The molecule has 0 aliphatic carbocycles. The molecule has 0 spiro atoms. The first kappa shape index (κ1) is 51.8. The fourth-order valence-electron chi connectivity index (χ4n) is 2.98. The minimum atomic E-state index is -9.28. The van der Waals surface area contributed by atoms with E-state index in [0.717, 1.165) is 0 Å². The van der Waals surface area contributed by atoms with Gasteiger partial charge in [0.1, 0.15) is 0 Å². The van der Waals surface area contributed by atoms with Crippen molar-refractivity contribution < 1.29 is 170 Å². The van der Waals surface area contributed by atoms with E-state index in [4.69, 9.17) is 0 Å². The van der Waals surface area contributed by atoms with Crippen molar-refractivity contribution in [2.24, 2.45) is 0 Å². The van der Waals surface area contributed by atoms with Crippen molar-refractivity contribution in [2.45, 2.75) is 58.7 Å². The molecule has 0 fully saturated rings. The van der Waals surface area contributed by atoms with Gasteiger partial charge in [0.2, 0.25) is 22.0 Å². The molecule has 0 aromatic heterocycles. The van der Waals surface area contributed by atoms with Crippen molar-refractivity contribution in [3.05, 3.63) is 40.9 Å². The van der Waals surface area contributed by atoms with Crippen LogP contribution in [0.3, 0.4) is 0 Å². The van der Waals surface area contributed by atoms with Crippen LogP contribution in [0.2, 0.25) is 0 Å². The second kappa shape index (κ2) is 14.6. The molecule has 0 amide bonds. The van der Waals surface area contributed by atoms with Gasteiger partial charge in [-0.25, -0.2) is 43.0 Å². The van der Waals surface area contributed by atoms with Crippen LogP contribution < -0.4 is 29.6 Å². The van der Waals surface area contributed by atoms with E-state index in [1.54, 1.807) is 0 Å². The fraction of sp³-hybridized carbons (Fsp3) is 0.556. The molecule has 8 nitrogen and oxygen atoms in total. The molecule has 36 heteroatoms. The molecular weight excluding hydrogens is 904 g/mol. The number of nitrogens with zero attached hydrogens (tertiary/aromatic N) is 1. The van der Waals surface area contributed by atoms with Gasteiger partial charge < -0.3 is 9.29 Å². The predicted molar refractivity (Wildman–Crippen MR) is 107 cm³/mol. The topological polar surface area (TPSA) is 113 Å². The molecule has 0 aliphatic rings. The first-order valence-corrected chi connectivity index (χ1v) is 13.9. The standard InChI is InChI=1S/C18H4F25NO7S2.Na/c1-44(52(45,46)7-5(22)3(20)2(19)4(21)6(7)23)18(43,17(41,42)51-53(47,48)49)50-9(25)8(24)10(26,27)11(28,29)12(30,31)13(32,33)14(34,35)15(36,37)16(38,39)40;/h1H3,(H,47,48,49);/q;+1/p-1. The van der Waals surface area contributed by atoms with Gasteiger partial charge in [0, 0.05) is 7.05 Å². The number of halogens is 25. The van der Waals surface area contributed by atoms with E-state index < -0.39 is 131 Å². The average molecular weight is 907 g/mol. The molecule has 0 N–H and O–H groups in total. The predicted octanol–water partition coefficient (Wildman–Crippen LogP) is 4.20. The molecule has 0 bridgehead atoms. The van der Waals surface area contributed by atoms with Crippen LogP contribution in [0.4, 0.5) is 110 Å². The Bertz CT molecular complexity index is 1840. The molecule has 1 aromatic rings. The molecule has 0 saturated heterocycles. The summed E-state index contributed by atoms with van der Waals surface area (Å²) in [6.07, 6.45) is -15.7. The SMILES string of the molecule is CN(C(F)(OC(F)=C(F)C(F)(F)C(F)(F)C(F)(F)C(F)(F)C(F)(F)C(F)(F)C(F)(F)F)C(F)(F)OS(=O)(=O)[O-])S(=O)(=O)c1c(F)c(F)c(F)c(F)c1F.[Na+]. The number of hydrogen-bond acceptors (Lipinski definition) is 7. The van der Waals surface area contributed by atoms with E-state index in [0.29, 0.717) is 0 Å². The van der Waals surface area contributed by atoms with Gasteiger partial charge in [-0.05, 0) is 0 Å². The van der Waals surface area contributed by atoms with Gasteiger partial charge in [0.05, 0.1) is 0 Å². The van der Waals surface area contributed by atoms with Crippen LogP contribution in [0.5, 0.6) is 0 Å². The molecule has 1 aromatic carbocycles. The summed E-state index contributed by atoms with van der Waals surface area (Å²) >= 11 is 0. The van der Waals surface area contributed by atoms with Gasteiger partial charge >= 0.3 is 89.4 Å². The van der Waals surface area contributed by atoms with Crippen LogP contribution in [0.15, 0.2) is 16.7 Å². The zero-order chi connectivity index (χ0) is 43.1. The quantitative estimate of drug-likeness (QED) is 0.0317. The Labute approximate surface area is 300 Å². The Hall–Kier alpha value is -2.21. The number of hydrogen-bond donors (Lipinski definition) is 0. The Balaban J connectivity index is 0.0000281. The number of ether oxygens (including phenoxy) is 1. The van der Waals surface area contributed by atoms with Gasteiger partial charge in [-0.1, -0.05) is 0 Å². The van der Waals surface area contributed by atoms with Crippen LogP contribution in [-0.2, 0) is 29.3 Å². The van der Waals surface area contributed by atoms with Gasteiger partial charge in [-0.3, -0.25) is 0 Å². The molecule has 0 saturated carbocycles. The molecule has 0 heterocycles. The van der Waals surface area contributed by atoms with Crippen molar-refractivity contribution in [1.29, 1.82) is 0 Å². The van der Waals surface area contributed by atoms with Crippen molar-refractivity contribution in [3.8, 4) is 0 Å². The van der Waals surface area contributed by atoms with Crippen molar-refractivity contribution in [1.82, 2.24) is 4.31 Å². The maximum Gasteiger partial charge on any atom is 1.00 e. The zero-order valence-electron chi connectivity index (χ0n) is 24.1. The molecule has 0 radical (unpaired) electrons. The molecule has 310 valence electrons. The van der Waals surface area contributed by atoms with Crippen molar-refractivity contribution >= 4 is 20.4 Å². The van der Waals surface area contributed by atoms with Gasteiger partial charge in [-0.2, -0.15) is 87.8 Å². The Kier molecular flexibility index (Phi) is 14.0. The van der Waals surface area contributed by atoms with Crippen LogP contribution in [-0.4, -0.2) is 86.5 Å². The van der Waals surface area contributed by atoms with Gasteiger partial charge in [0.25, 0.3) is 10.0 Å². The van der Waals surface area contributed by atoms with Crippen LogP contribution in [0, 0.1) is 29.1 Å². The van der Waals surface area contributed by atoms with E-state index in [1.165, 1.54) is 0 Å². The number of rotatable bonds is 14. The number of allylic oxidation sites excluding steroid dienone is 1. The molecule has 1 rings (SSSR count). The van der Waals surface area contributed by atoms with Crippen molar-refractivity contribution in [2.75, 3.05) is 7.05 Å². The first-order chi connectivity index (χ1) is 22.8. The van der Waals surface area contributed by atoms with Crippen LogP contribution >= 0.6 is 0 Å². The second-order valence-electron chi connectivity index (χ2n) is 9.08. The van der Waals surface area contributed by atoms with Gasteiger partial charge in [0.15, 0.2) is 28.2 Å². The monoisotopic (exact) mass is 907 g/mol. The summed E-state index contributed by atoms with van der Waals surface area (Å²) in [5.41, 5.74) is 0. The summed E-state index contributed by atoms with van der Waals surface area (Å²) in [5.74, 6) is -84.9. The fourth-order valence-corrected chi connectivity index (χ4v) is 4.70. The van der Waals surface area contributed by atoms with Crippen LogP contribution in [0.25, 0.3) is 0 Å². The summed E-state index contributed by atoms with van der Waals surface area (Å²) in [6.45, 7) is 0. The van der Waals surface area contributed by atoms with E-state index in [1.807, 2.05) is 4.18 Å². The maximum atomic E-state index is 15.4. The Morgan fingerprint density at radius 2 is 0.889 bits per heavy atom. The molecule has 0 aliphatic heterocycles. The maximum absolute atomic E-state index is 15.4. The van der Waals surface area contributed by atoms with Crippen LogP contribution in [0.1, 0.15) is 0 Å². The molecule has 1 unspecified atom stereocenters. The number of sulfonamides is 1. The van der Waals surface area contributed by atoms with E-state index in [9.17, 15) is 127 Å². The largest absolute Gasteiger partial charge is 1.00 e. The summed E-state index contributed by atoms with van der Waals surface area (Å²) in [5, 5.41) is 0. The smallest absolute Gasteiger partial charge is 0.725 e. The third-order valence-electron chi connectivity index (χ3n) is 5.76. The first-order valence-electron chi connectivity index (χ1n) is 11.1. The number of alkyl halides is 18. The van der Waals surface area contributed by atoms with Crippen molar-refractivity contribution in [3.63, 3.8) is 0 Å². The summed E-state index contributed by atoms with van der Waals surface area (Å²) < 4.78 is 398. The Morgan fingerprint density at radius 3 is 1.22 bits per heavy atom. The molecule has 1 atom stereocenters. The minimum absolute atomic E-state index is 0. The zero-order valence-corrected chi connectivity index (χ0v) is 27.7. The number of likely N-dealkylation sites (N-methyl/N-ethyl adjacent to an activating group) is 1. The van der Waals surface area contributed by atoms with E-state index in [2.05, 4.69) is 4.74 Å². The second-order valence-corrected chi connectivity index (χ2v) is 12.0. The van der Waals surface area contributed by atoms with E-state index >= 15 is 4.39 Å². The summed E-state index contributed by atoms with van der Waals surface area (Å²) in [6, 6.07) is -5.34. The third-order valence-corrected chi connectivity index (χ3v) is 8.00. The summed E-state index contributed by atoms with van der Waals surface area (Å²) in [7, 11) is -16.5. The minimum Gasteiger partial charge on any atom is -0.725 e. The summed E-state index contributed by atoms with van der Waals surface area (Å²) in [4.78, 5) is -3.66. The normalized spacial score (nSPS) is 16.5. The number of benzene rings is 1. The van der Waals surface area contributed by atoms with Gasteiger partial charge in [-0.15, -0.1) is 4.31 Å². The molecule has 54 heavy (non-hydrogen) atoms. The van der Waals surface area contributed by atoms with E-state index in [-0.39, 0.29) is 29.6 Å².